The monoisotopic (exact) mass is 568 g/mol. The number of hydrogen-bond donors (Lipinski definition) is 0. The van der Waals surface area contributed by atoms with Gasteiger partial charge in [0, 0.05) is 51.5 Å². The lowest BCUT2D eigenvalue weighted by molar-refractivity contribution is 0.668. The van der Waals surface area contributed by atoms with E-state index in [0.717, 1.165) is 96.3 Å². The minimum atomic E-state index is 0.857. The SMILES string of the molecule is c1cc(-c2ccc3oc4ccc(-n5ncc6c5-n5ccnc5CC6)cc4c3c2)cc(-c2cccc3c2oc2ccccc23)c1. The zero-order chi connectivity index (χ0) is 28.8. The van der Waals surface area contributed by atoms with Gasteiger partial charge < -0.3 is 8.83 Å². The van der Waals surface area contributed by atoms with Crippen LogP contribution in [0.4, 0.5) is 0 Å². The molecule has 1 aliphatic heterocycles. The first kappa shape index (κ1) is 23.7. The van der Waals surface area contributed by atoms with Crippen LogP contribution in [-0.2, 0) is 12.8 Å². The largest absolute Gasteiger partial charge is 0.456 e. The number of furan rings is 2. The molecule has 5 heterocycles. The van der Waals surface area contributed by atoms with E-state index >= 15 is 0 Å². The van der Waals surface area contributed by atoms with Gasteiger partial charge in [-0.15, -0.1) is 0 Å². The highest BCUT2D eigenvalue weighted by atomic mass is 16.3. The van der Waals surface area contributed by atoms with Crippen molar-refractivity contribution in [1.82, 2.24) is 19.3 Å². The highest BCUT2D eigenvalue weighted by Crippen LogP contribution is 2.38. The second-order valence-corrected chi connectivity index (χ2v) is 11.5. The van der Waals surface area contributed by atoms with Crippen molar-refractivity contribution in [3.8, 4) is 33.8 Å². The van der Waals surface area contributed by atoms with Crippen LogP contribution in [-0.4, -0.2) is 19.3 Å². The molecule has 0 bridgehead atoms. The van der Waals surface area contributed by atoms with Crippen LogP contribution in [0.5, 0.6) is 0 Å². The van der Waals surface area contributed by atoms with Gasteiger partial charge in [0.2, 0.25) is 0 Å². The standard InChI is InChI=1S/C38H24N4O2/c1-2-10-33-29(7-1)30-9-4-8-28(37(30)44-33)25-6-3-5-23(19-25)24-11-14-34-31(20-24)32-21-27(13-15-35(32)43-34)42-38-26(22-40-42)12-16-36-39-17-18-41(36)38/h1-11,13-15,17-22H,12,16H2. The van der Waals surface area contributed by atoms with Crippen molar-refractivity contribution in [3.05, 3.63) is 133 Å². The number of imidazole rings is 1. The van der Waals surface area contributed by atoms with Crippen molar-refractivity contribution in [3.63, 3.8) is 0 Å². The molecule has 0 fully saturated rings. The number of benzene rings is 5. The summed E-state index contributed by atoms with van der Waals surface area (Å²) in [4.78, 5) is 4.54. The molecule has 0 radical (unpaired) electrons. The number of hydrogen-bond acceptors (Lipinski definition) is 4. The molecule has 4 aromatic heterocycles. The van der Waals surface area contributed by atoms with E-state index in [1.54, 1.807) is 0 Å². The zero-order valence-electron chi connectivity index (χ0n) is 23.6. The highest BCUT2D eigenvalue weighted by molar-refractivity contribution is 6.10. The van der Waals surface area contributed by atoms with Crippen molar-refractivity contribution in [2.24, 2.45) is 0 Å². The van der Waals surface area contributed by atoms with Crippen molar-refractivity contribution in [2.45, 2.75) is 12.8 Å². The van der Waals surface area contributed by atoms with Crippen LogP contribution in [0.15, 0.2) is 131 Å². The van der Waals surface area contributed by atoms with Gasteiger partial charge in [-0.05, 0) is 65.6 Å². The lowest BCUT2D eigenvalue weighted by Gasteiger charge is -2.17. The first-order chi connectivity index (χ1) is 21.8. The predicted molar refractivity (Wildman–Crippen MR) is 174 cm³/mol. The summed E-state index contributed by atoms with van der Waals surface area (Å²) < 4.78 is 16.8. The molecule has 6 nitrogen and oxygen atoms in total. The zero-order valence-corrected chi connectivity index (χ0v) is 23.6. The fourth-order valence-corrected chi connectivity index (χ4v) is 6.87. The number of aromatic nitrogens is 4. The first-order valence-corrected chi connectivity index (χ1v) is 14.9. The van der Waals surface area contributed by atoms with Crippen LogP contribution in [0, 0.1) is 0 Å². The van der Waals surface area contributed by atoms with Gasteiger partial charge in [0.05, 0.1) is 11.9 Å². The molecule has 0 unspecified atom stereocenters. The summed E-state index contributed by atoms with van der Waals surface area (Å²) in [6.45, 7) is 0. The lowest BCUT2D eigenvalue weighted by atomic mass is 9.97. The second-order valence-electron chi connectivity index (χ2n) is 11.5. The van der Waals surface area contributed by atoms with Crippen molar-refractivity contribution in [2.75, 3.05) is 0 Å². The third-order valence-electron chi connectivity index (χ3n) is 8.99. The summed E-state index contributed by atoms with van der Waals surface area (Å²) >= 11 is 0. The molecule has 44 heavy (non-hydrogen) atoms. The molecule has 208 valence electrons. The molecule has 9 aromatic rings. The second kappa shape index (κ2) is 8.82. The van der Waals surface area contributed by atoms with E-state index < -0.39 is 0 Å². The molecule has 0 N–H and O–H groups in total. The van der Waals surface area contributed by atoms with Crippen LogP contribution in [0.2, 0.25) is 0 Å². The van der Waals surface area contributed by atoms with Gasteiger partial charge in [-0.3, -0.25) is 4.57 Å². The quantitative estimate of drug-likeness (QED) is 0.213. The molecule has 0 amide bonds. The lowest BCUT2D eigenvalue weighted by Crippen LogP contribution is -2.14. The van der Waals surface area contributed by atoms with Crippen LogP contribution >= 0.6 is 0 Å². The van der Waals surface area contributed by atoms with E-state index in [1.807, 2.05) is 41.5 Å². The minimum Gasteiger partial charge on any atom is -0.456 e. The van der Waals surface area contributed by atoms with Crippen molar-refractivity contribution >= 4 is 43.9 Å². The average molecular weight is 569 g/mol. The van der Waals surface area contributed by atoms with Gasteiger partial charge in [0.15, 0.2) is 0 Å². The van der Waals surface area contributed by atoms with Crippen LogP contribution in [0.3, 0.4) is 0 Å². The fraction of sp³-hybridized carbons (Fsp3) is 0.0526. The fourth-order valence-electron chi connectivity index (χ4n) is 6.87. The van der Waals surface area contributed by atoms with Crippen LogP contribution < -0.4 is 0 Å². The summed E-state index contributed by atoms with van der Waals surface area (Å²) in [5.74, 6) is 2.13. The third kappa shape index (κ3) is 3.36. The molecule has 6 heteroatoms. The number of aryl methyl sites for hydroxylation is 2. The Morgan fingerprint density at radius 2 is 1.41 bits per heavy atom. The van der Waals surface area contributed by atoms with Crippen LogP contribution in [0.25, 0.3) is 77.6 Å². The van der Waals surface area contributed by atoms with Crippen molar-refractivity contribution < 1.29 is 8.83 Å². The maximum Gasteiger partial charge on any atom is 0.145 e. The van der Waals surface area contributed by atoms with E-state index in [4.69, 9.17) is 13.9 Å². The number of para-hydroxylation sites is 2. The van der Waals surface area contributed by atoms with Gasteiger partial charge in [-0.2, -0.15) is 5.10 Å². The van der Waals surface area contributed by atoms with E-state index in [0.29, 0.717) is 0 Å². The molecular weight excluding hydrogens is 544 g/mol. The first-order valence-electron chi connectivity index (χ1n) is 14.9. The smallest absolute Gasteiger partial charge is 0.145 e. The summed E-state index contributed by atoms with van der Waals surface area (Å²) in [7, 11) is 0. The Morgan fingerprint density at radius 1 is 0.614 bits per heavy atom. The number of rotatable bonds is 3. The van der Waals surface area contributed by atoms with Crippen LogP contribution in [0.1, 0.15) is 11.4 Å². The molecule has 5 aromatic carbocycles. The van der Waals surface area contributed by atoms with E-state index in [9.17, 15) is 0 Å². The van der Waals surface area contributed by atoms with Gasteiger partial charge in [0.1, 0.15) is 34.0 Å². The molecule has 0 atom stereocenters. The molecular formula is C38H24N4O2. The molecule has 0 saturated carbocycles. The highest BCUT2D eigenvalue weighted by Gasteiger charge is 2.22. The Bertz CT molecular complexity index is 2580. The summed E-state index contributed by atoms with van der Waals surface area (Å²) in [5.41, 5.74) is 10.2. The predicted octanol–water partition coefficient (Wildman–Crippen LogP) is 9.29. The molecule has 10 rings (SSSR count). The van der Waals surface area contributed by atoms with Gasteiger partial charge in [0.25, 0.3) is 0 Å². The topological polar surface area (TPSA) is 61.9 Å². The third-order valence-corrected chi connectivity index (χ3v) is 8.99. The van der Waals surface area contributed by atoms with Gasteiger partial charge >= 0.3 is 0 Å². The molecule has 1 aliphatic rings. The van der Waals surface area contributed by atoms with E-state index in [1.165, 1.54) is 5.56 Å². The Morgan fingerprint density at radius 3 is 2.39 bits per heavy atom. The Kier molecular flexibility index (Phi) is 4.74. The Labute approximate surface area is 251 Å². The Hall–Kier alpha value is -5.88. The van der Waals surface area contributed by atoms with Gasteiger partial charge in [-0.25, -0.2) is 9.67 Å². The summed E-state index contributed by atoms with van der Waals surface area (Å²) in [6.07, 6.45) is 7.73. The number of fused-ring (bicyclic) bond motifs is 9. The van der Waals surface area contributed by atoms with E-state index in [2.05, 4.69) is 94.5 Å². The molecule has 0 aliphatic carbocycles. The maximum atomic E-state index is 6.35. The minimum absolute atomic E-state index is 0.857. The summed E-state index contributed by atoms with van der Waals surface area (Å²) in [6, 6.07) is 36.0. The molecule has 0 saturated heterocycles. The normalized spacial score (nSPS) is 12.8. The number of nitrogens with zero attached hydrogens (tertiary/aromatic N) is 4. The molecule has 0 spiro atoms. The maximum absolute atomic E-state index is 6.35. The average Bonchev–Trinajstić information content (AvgIpc) is 3.87. The summed E-state index contributed by atoms with van der Waals surface area (Å²) in [5, 5.41) is 9.20. The van der Waals surface area contributed by atoms with E-state index in [-0.39, 0.29) is 0 Å². The van der Waals surface area contributed by atoms with Gasteiger partial charge in [-0.1, -0.05) is 60.7 Å². The Balaban J connectivity index is 1.09. The van der Waals surface area contributed by atoms with Crippen molar-refractivity contribution in [1.29, 1.82) is 0 Å².